The number of hydrogen-bond donors (Lipinski definition) is 1. The van der Waals surface area contributed by atoms with Gasteiger partial charge in [-0.25, -0.2) is 0 Å². The topological polar surface area (TPSA) is 41.6 Å². The van der Waals surface area contributed by atoms with E-state index in [1.54, 1.807) is 17.4 Å². The summed E-state index contributed by atoms with van der Waals surface area (Å²) in [5.74, 6) is 0.0470. The summed E-state index contributed by atoms with van der Waals surface area (Å²) in [5, 5.41) is 4.21. The SMILES string of the molecule is O=C(Cc1ccc(-c2cc(Cl)cc(Cl)c2)s1)NCCN1CCOCC1. The minimum absolute atomic E-state index is 0.0470. The molecule has 0 atom stereocenters. The number of rotatable bonds is 6. The molecule has 0 radical (unpaired) electrons. The summed E-state index contributed by atoms with van der Waals surface area (Å²) in [4.78, 5) is 16.5. The fourth-order valence-electron chi connectivity index (χ4n) is 2.72. The van der Waals surface area contributed by atoms with Gasteiger partial charge in [0, 0.05) is 46.0 Å². The molecule has 0 spiro atoms. The largest absolute Gasteiger partial charge is 0.379 e. The van der Waals surface area contributed by atoms with E-state index in [4.69, 9.17) is 27.9 Å². The molecule has 3 rings (SSSR count). The minimum atomic E-state index is 0.0470. The lowest BCUT2D eigenvalue weighted by atomic mass is 10.2. The third kappa shape index (κ3) is 5.69. The quantitative estimate of drug-likeness (QED) is 0.805. The molecule has 0 aliphatic carbocycles. The number of ether oxygens (including phenoxy) is 1. The highest BCUT2D eigenvalue weighted by molar-refractivity contribution is 7.15. The smallest absolute Gasteiger partial charge is 0.225 e. The molecule has 134 valence electrons. The Kier molecular flexibility index (Phi) is 6.73. The Bertz CT molecular complexity index is 709. The van der Waals surface area contributed by atoms with Gasteiger partial charge in [0.15, 0.2) is 0 Å². The van der Waals surface area contributed by atoms with Crippen LogP contribution in [0.4, 0.5) is 0 Å². The lowest BCUT2D eigenvalue weighted by molar-refractivity contribution is -0.120. The molecule has 4 nitrogen and oxygen atoms in total. The van der Waals surface area contributed by atoms with E-state index in [1.807, 2.05) is 24.3 Å². The zero-order valence-corrected chi connectivity index (χ0v) is 16.1. The summed E-state index contributed by atoms with van der Waals surface area (Å²) < 4.78 is 5.32. The van der Waals surface area contributed by atoms with E-state index in [9.17, 15) is 4.79 Å². The third-order valence-electron chi connectivity index (χ3n) is 4.00. The van der Waals surface area contributed by atoms with Crippen LogP contribution in [0.3, 0.4) is 0 Å². The maximum absolute atomic E-state index is 12.1. The number of nitrogens with one attached hydrogen (secondary N) is 1. The third-order valence-corrected chi connectivity index (χ3v) is 5.57. The van der Waals surface area contributed by atoms with Gasteiger partial charge in [-0.3, -0.25) is 9.69 Å². The first-order valence-corrected chi connectivity index (χ1v) is 9.79. The molecule has 1 amide bonds. The van der Waals surface area contributed by atoms with Gasteiger partial charge < -0.3 is 10.1 Å². The van der Waals surface area contributed by atoms with Crippen molar-refractivity contribution in [2.75, 3.05) is 39.4 Å². The van der Waals surface area contributed by atoms with Crippen molar-refractivity contribution in [2.45, 2.75) is 6.42 Å². The highest BCUT2D eigenvalue weighted by atomic mass is 35.5. The standard InChI is InChI=1S/C18H20Cl2N2O2S/c19-14-9-13(10-15(20)11-14)17-2-1-16(25-17)12-18(23)21-3-4-22-5-7-24-8-6-22/h1-2,9-11H,3-8,12H2,(H,21,23). The number of halogens is 2. The number of carbonyl (C=O) groups excluding carboxylic acids is 1. The van der Waals surface area contributed by atoms with Crippen LogP contribution in [0.1, 0.15) is 4.88 Å². The van der Waals surface area contributed by atoms with Crippen LogP contribution in [0, 0.1) is 0 Å². The Morgan fingerprint density at radius 1 is 1.16 bits per heavy atom. The van der Waals surface area contributed by atoms with Gasteiger partial charge in [0.1, 0.15) is 0 Å². The van der Waals surface area contributed by atoms with Crippen LogP contribution in [0.25, 0.3) is 10.4 Å². The Balaban J connectivity index is 1.49. The van der Waals surface area contributed by atoms with Crippen LogP contribution >= 0.6 is 34.5 Å². The molecule has 2 heterocycles. The van der Waals surface area contributed by atoms with Crippen molar-refractivity contribution in [3.05, 3.63) is 45.3 Å². The fourth-order valence-corrected chi connectivity index (χ4v) is 4.24. The zero-order chi connectivity index (χ0) is 17.6. The lowest BCUT2D eigenvalue weighted by Crippen LogP contribution is -2.41. The van der Waals surface area contributed by atoms with Crippen molar-refractivity contribution in [3.8, 4) is 10.4 Å². The van der Waals surface area contributed by atoms with E-state index in [1.165, 1.54) is 0 Å². The van der Waals surface area contributed by atoms with Crippen LogP contribution in [0.5, 0.6) is 0 Å². The van der Waals surface area contributed by atoms with Crippen molar-refractivity contribution < 1.29 is 9.53 Å². The summed E-state index contributed by atoms with van der Waals surface area (Å²) in [7, 11) is 0. The molecule has 7 heteroatoms. The van der Waals surface area contributed by atoms with Gasteiger partial charge in [-0.05, 0) is 35.9 Å². The van der Waals surface area contributed by atoms with Crippen LogP contribution in [0.15, 0.2) is 30.3 Å². The number of carbonyl (C=O) groups is 1. The molecule has 25 heavy (non-hydrogen) atoms. The first-order chi connectivity index (χ1) is 12.1. The monoisotopic (exact) mass is 398 g/mol. The van der Waals surface area contributed by atoms with Crippen LogP contribution in [-0.4, -0.2) is 50.2 Å². The van der Waals surface area contributed by atoms with Gasteiger partial charge in [-0.2, -0.15) is 0 Å². The first-order valence-electron chi connectivity index (χ1n) is 8.22. The summed E-state index contributed by atoms with van der Waals surface area (Å²) >= 11 is 13.7. The molecule has 1 aromatic carbocycles. The van der Waals surface area contributed by atoms with Crippen LogP contribution < -0.4 is 5.32 Å². The number of nitrogens with zero attached hydrogens (tertiary/aromatic N) is 1. The second-order valence-corrected chi connectivity index (χ2v) is 7.95. The molecule has 1 aromatic heterocycles. The molecule has 0 bridgehead atoms. The highest BCUT2D eigenvalue weighted by Crippen LogP contribution is 2.32. The second kappa shape index (κ2) is 9.01. The van der Waals surface area contributed by atoms with Crippen molar-refractivity contribution in [1.82, 2.24) is 10.2 Å². The molecule has 1 saturated heterocycles. The molecule has 0 saturated carbocycles. The molecule has 1 fully saturated rings. The van der Waals surface area contributed by atoms with Gasteiger partial charge in [0.05, 0.1) is 19.6 Å². The summed E-state index contributed by atoms with van der Waals surface area (Å²) in [6, 6.07) is 9.46. The van der Waals surface area contributed by atoms with E-state index >= 15 is 0 Å². The Labute approximate surface area is 161 Å². The molecule has 1 aliphatic heterocycles. The average molecular weight is 399 g/mol. The predicted molar refractivity (Wildman–Crippen MR) is 104 cm³/mol. The maximum atomic E-state index is 12.1. The van der Waals surface area contributed by atoms with Crippen molar-refractivity contribution in [1.29, 1.82) is 0 Å². The zero-order valence-electron chi connectivity index (χ0n) is 13.8. The maximum Gasteiger partial charge on any atom is 0.225 e. The fraction of sp³-hybridized carbons (Fsp3) is 0.389. The average Bonchev–Trinajstić information content (AvgIpc) is 3.03. The van der Waals surface area contributed by atoms with E-state index in [-0.39, 0.29) is 5.91 Å². The molecule has 1 aliphatic rings. The van der Waals surface area contributed by atoms with Gasteiger partial charge >= 0.3 is 0 Å². The Hall–Kier alpha value is -1.11. The van der Waals surface area contributed by atoms with Gasteiger partial charge in [0.25, 0.3) is 0 Å². The van der Waals surface area contributed by atoms with Crippen molar-refractivity contribution in [2.24, 2.45) is 0 Å². The minimum Gasteiger partial charge on any atom is -0.379 e. The molecule has 1 N–H and O–H groups in total. The lowest BCUT2D eigenvalue weighted by Gasteiger charge is -2.26. The number of thiophene rings is 1. The van der Waals surface area contributed by atoms with Crippen LogP contribution in [-0.2, 0) is 16.0 Å². The van der Waals surface area contributed by atoms with Gasteiger partial charge in [-0.15, -0.1) is 11.3 Å². The summed E-state index contributed by atoms with van der Waals surface area (Å²) in [6.45, 7) is 4.96. The molecule has 2 aromatic rings. The van der Waals surface area contributed by atoms with E-state index in [0.717, 1.165) is 48.2 Å². The predicted octanol–water partition coefficient (Wildman–Crippen LogP) is 3.71. The van der Waals surface area contributed by atoms with Crippen molar-refractivity contribution in [3.63, 3.8) is 0 Å². The molecule has 0 unspecified atom stereocenters. The number of amides is 1. The first kappa shape index (κ1) is 18.7. The molecular weight excluding hydrogens is 379 g/mol. The highest BCUT2D eigenvalue weighted by Gasteiger charge is 2.11. The normalized spacial score (nSPS) is 15.3. The number of hydrogen-bond acceptors (Lipinski definition) is 4. The Morgan fingerprint density at radius 3 is 2.60 bits per heavy atom. The van der Waals surface area contributed by atoms with Crippen LogP contribution in [0.2, 0.25) is 10.0 Å². The van der Waals surface area contributed by atoms with E-state index < -0.39 is 0 Å². The summed E-state index contributed by atoms with van der Waals surface area (Å²) in [6.07, 6.45) is 0.391. The van der Waals surface area contributed by atoms with E-state index in [2.05, 4.69) is 10.2 Å². The molecular formula is C18H20Cl2N2O2S. The van der Waals surface area contributed by atoms with Crippen molar-refractivity contribution >= 4 is 40.4 Å². The van der Waals surface area contributed by atoms with Gasteiger partial charge in [0.2, 0.25) is 5.91 Å². The van der Waals surface area contributed by atoms with E-state index in [0.29, 0.717) is 23.0 Å². The number of benzene rings is 1. The Morgan fingerprint density at radius 2 is 1.88 bits per heavy atom. The van der Waals surface area contributed by atoms with Gasteiger partial charge in [-0.1, -0.05) is 23.2 Å². The number of morpholine rings is 1. The second-order valence-electron chi connectivity index (χ2n) is 5.90. The summed E-state index contributed by atoms with van der Waals surface area (Å²) in [5.41, 5.74) is 0.974.